The van der Waals surface area contributed by atoms with Crippen LogP contribution in [0.5, 0.6) is 0 Å². The minimum Gasteiger partial charge on any atom is -0.337 e. The molecule has 0 unspecified atom stereocenters. The predicted molar refractivity (Wildman–Crippen MR) is 78.9 cm³/mol. The van der Waals surface area contributed by atoms with Crippen molar-refractivity contribution in [1.29, 1.82) is 0 Å². The van der Waals surface area contributed by atoms with Crippen molar-refractivity contribution in [2.45, 2.75) is 24.2 Å². The van der Waals surface area contributed by atoms with Crippen LogP contribution in [0, 0.1) is 0 Å². The van der Waals surface area contributed by atoms with Gasteiger partial charge in [0.25, 0.3) is 0 Å². The molecule has 0 saturated heterocycles. The third-order valence-corrected chi connectivity index (χ3v) is 5.77. The molecular weight excluding hydrogens is 296 g/mol. The van der Waals surface area contributed by atoms with Crippen LogP contribution in [-0.2, 0) is 30.2 Å². The highest BCUT2D eigenvalue weighted by Crippen LogP contribution is 2.21. The lowest BCUT2D eigenvalue weighted by atomic mass is 10.4. The van der Waals surface area contributed by atoms with Gasteiger partial charge in [-0.25, -0.2) is 18.1 Å². The third kappa shape index (κ3) is 3.66. The third-order valence-electron chi connectivity index (χ3n) is 2.79. The topological polar surface area (TPSA) is 76.0 Å². The molecule has 0 aliphatic rings. The van der Waals surface area contributed by atoms with Gasteiger partial charge in [0.15, 0.2) is 0 Å². The number of rotatable bonds is 7. The minimum absolute atomic E-state index is 0.187. The summed E-state index contributed by atoms with van der Waals surface area (Å²) in [6.07, 6.45) is 3.42. The van der Waals surface area contributed by atoms with Crippen LogP contribution in [0.4, 0.5) is 0 Å². The highest BCUT2D eigenvalue weighted by molar-refractivity contribution is 7.91. The van der Waals surface area contributed by atoms with Crippen molar-refractivity contribution in [2.24, 2.45) is 7.05 Å². The molecule has 110 valence electrons. The molecule has 0 saturated carbocycles. The maximum atomic E-state index is 12.2. The SMILES string of the molecule is CCNCc1ccc(S(=O)(=O)NCc2nccn2C)s1. The fourth-order valence-corrected chi connectivity index (χ4v) is 3.99. The molecule has 0 amide bonds. The lowest BCUT2D eigenvalue weighted by molar-refractivity contribution is 0.579. The molecule has 0 atom stereocenters. The van der Waals surface area contributed by atoms with E-state index in [0.717, 1.165) is 11.4 Å². The van der Waals surface area contributed by atoms with Crippen molar-refractivity contribution in [3.63, 3.8) is 0 Å². The van der Waals surface area contributed by atoms with E-state index in [2.05, 4.69) is 15.0 Å². The van der Waals surface area contributed by atoms with Gasteiger partial charge in [0.1, 0.15) is 10.0 Å². The van der Waals surface area contributed by atoms with E-state index in [9.17, 15) is 8.42 Å². The van der Waals surface area contributed by atoms with Crippen LogP contribution in [0.2, 0.25) is 0 Å². The van der Waals surface area contributed by atoms with Gasteiger partial charge >= 0.3 is 0 Å². The van der Waals surface area contributed by atoms with E-state index in [0.29, 0.717) is 16.6 Å². The lowest BCUT2D eigenvalue weighted by Gasteiger charge is -2.04. The second-order valence-electron chi connectivity index (χ2n) is 4.28. The number of hydrogen-bond acceptors (Lipinski definition) is 5. The number of imidazole rings is 1. The van der Waals surface area contributed by atoms with E-state index in [-0.39, 0.29) is 6.54 Å². The molecule has 0 aliphatic carbocycles. The zero-order chi connectivity index (χ0) is 14.6. The first kappa shape index (κ1) is 15.2. The number of thiophene rings is 1. The Bertz CT molecular complexity index is 661. The molecule has 0 spiro atoms. The highest BCUT2D eigenvalue weighted by Gasteiger charge is 2.17. The Morgan fingerprint density at radius 3 is 2.80 bits per heavy atom. The minimum atomic E-state index is -3.47. The second-order valence-corrected chi connectivity index (χ2v) is 7.44. The maximum Gasteiger partial charge on any atom is 0.250 e. The molecule has 6 nitrogen and oxygen atoms in total. The van der Waals surface area contributed by atoms with Gasteiger partial charge < -0.3 is 9.88 Å². The van der Waals surface area contributed by atoms with Crippen molar-refractivity contribution in [2.75, 3.05) is 6.54 Å². The quantitative estimate of drug-likeness (QED) is 0.801. The number of nitrogens with one attached hydrogen (secondary N) is 2. The van der Waals surface area contributed by atoms with Gasteiger partial charge in [-0.2, -0.15) is 0 Å². The van der Waals surface area contributed by atoms with Crippen LogP contribution < -0.4 is 10.0 Å². The Kier molecular flexibility index (Phi) is 4.92. The van der Waals surface area contributed by atoms with Gasteiger partial charge in [0, 0.05) is 30.9 Å². The average Bonchev–Trinajstić information content (AvgIpc) is 3.03. The maximum absolute atomic E-state index is 12.2. The van der Waals surface area contributed by atoms with Crippen LogP contribution >= 0.6 is 11.3 Å². The summed E-state index contributed by atoms with van der Waals surface area (Å²) in [5.74, 6) is 0.679. The molecular formula is C12H18N4O2S2. The molecule has 2 N–H and O–H groups in total. The van der Waals surface area contributed by atoms with E-state index >= 15 is 0 Å². The Morgan fingerprint density at radius 1 is 1.35 bits per heavy atom. The molecule has 2 aromatic rings. The average molecular weight is 314 g/mol. The molecule has 20 heavy (non-hydrogen) atoms. The number of nitrogens with zero attached hydrogens (tertiary/aromatic N) is 2. The van der Waals surface area contributed by atoms with E-state index in [1.807, 2.05) is 20.0 Å². The van der Waals surface area contributed by atoms with Crippen molar-refractivity contribution < 1.29 is 8.42 Å². The molecule has 0 aliphatic heterocycles. The van der Waals surface area contributed by atoms with Gasteiger partial charge in [0.2, 0.25) is 10.0 Å². The summed E-state index contributed by atoms with van der Waals surface area (Å²) in [6, 6.07) is 3.47. The number of sulfonamides is 1. The van der Waals surface area contributed by atoms with Crippen LogP contribution in [0.1, 0.15) is 17.6 Å². The Hall–Kier alpha value is -1.22. The van der Waals surface area contributed by atoms with E-state index < -0.39 is 10.0 Å². The summed E-state index contributed by atoms with van der Waals surface area (Å²) < 4.78 is 29.0. The van der Waals surface area contributed by atoms with E-state index in [4.69, 9.17) is 0 Å². The van der Waals surface area contributed by atoms with Gasteiger partial charge in [-0.15, -0.1) is 11.3 Å². The predicted octanol–water partition coefficient (Wildman–Crippen LogP) is 1.07. The molecule has 0 aromatic carbocycles. The fraction of sp³-hybridized carbons (Fsp3) is 0.417. The summed E-state index contributed by atoms with van der Waals surface area (Å²) in [5.41, 5.74) is 0. The van der Waals surface area contributed by atoms with Gasteiger partial charge in [-0.3, -0.25) is 0 Å². The summed E-state index contributed by atoms with van der Waals surface area (Å²) in [7, 11) is -1.64. The van der Waals surface area contributed by atoms with E-state index in [1.54, 1.807) is 23.0 Å². The lowest BCUT2D eigenvalue weighted by Crippen LogP contribution is -2.24. The molecule has 2 rings (SSSR count). The molecule has 0 radical (unpaired) electrons. The van der Waals surface area contributed by atoms with Crippen LogP contribution in [-0.4, -0.2) is 24.5 Å². The molecule has 2 heterocycles. The summed E-state index contributed by atoms with van der Waals surface area (Å²) in [5, 5.41) is 3.17. The number of hydrogen-bond donors (Lipinski definition) is 2. The van der Waals surface area contributed by atoms with Gasteiger partial charge in [-0.1, -0.05) is 6.92 Å². The number of aromatic nitrogens is 2. The molecule has 2 aromatic heterocycles. The smallest absolute Gasteiger partial charge is 0.250 e. The standard InChI is InChI=1S/C12H18N4O2S2/c1-3-13-8-10-4-5-12(19-10)20(17,18)15-9-11-14-6-7-16(11)2/h4-7,13,15H,3,8-9H2,1-2H3. The van der Waals surface area contributed by atoms with Gasteiger partial charge in [-0.05, 0) is 18.7 Å². The van der Waals surface area contributed by atoms with Crippen molar-refractivity contribution in [1.82, 2.24) is 19.6 Å². The van der Waals surface area contributed by atoms with Gasteiger partial charge in [0.05, 0.1) is 6.54 Å². The normalized spacial score (nSPS) is 11.9. The molecule has 0 bridgehead atoms. The van der Waals surface area contributed by atoms with Crippen molar-refractivity contribution >= 4 is 21.4 Å². The largest absolute Gasteiger partial charge is 0.337 e. The van der Waals surface area contributed by atoms with E-state index in [1.165, 1.54) is 11.3 Å². The summed E-state index contributed by atoms with van der Waals surface area (Å²) in [6.45, 7) is 3.75. The van der Waals surface area contributed by atoms with Crippen LogP contribution in [0.25, 0.3) is 0 Å². The van der Waals surface area contributed by atoms with Crippen LogP contribution in [0.15, 0.2) is 28.7 Å². The zero-order valence-corrected chi connectivity index (χ0v) is 13.1. The first-order valence-electron chi connectivity index (χ1n) is 6.28. The fourth-order valence-electron chi connectivity index (χ4n) is 1.64. The van der Waals surface area contributed by atoms with Crippen LogP contribution in [0.3, 0.4) is 0 Å². The molecule has 8 heteroatoms. The van der Waals surface area contributed by atoms with Crippen molar-refractivity contribution in [3.05, 3.63) is 35.2 Å². The summed E-state index contributed by atoms with van der Waals surface area (Å²) >= 11 is 1.28. The second kappa shape index (κ2) is 6.49. The Morgan fingerprint density at radius 2 is 2.15 bits per heavy atom. The monoisotopic (exact) mass is 314 g/mol. The first-order chi connectivity index (χ1) is 9.53. The van der Waals surface area contributed by atoms with Crippen molar-refractivity contribution in [3.8, 4) is 0 Å². The Labute approximate surface area is 122 Å². The highest BCUT2D eigenvalue weighted by atomic mass is 32.2. The first-order valence-corrected chi connectivity index (χ1v) is 8.58. The number of aryl methyl sites for hydroxylation is 1. The Balaban J connectivity index is 2.03. The summed E-state index contributed by atoms with van der Waals surface area (Å²) in [4.78, 5) is 5.09. The molecule has 0 fully saturated rings. The zero-order valence-electron chi connectivity index (χ0n) is 11.5.